The maximum Gasteiger partial charge on any atom is 0.271 e. The van der Waals surface area contributed by atoms with Crippen molar-refractivity contribution in [2.75, 3.05) is 0 Å². The summed E-state index contributed by atoms with van der Waals surface area (Å²) in [6.45, 7) is 1.69. The van der Waals surface area contributed by atoms with Crippen LogP contribution in [0.25, 0.3) is 10.8 Å². The lowest BCUT2D eigenvalue weighted by Gasteiger charge is -2.26. The molecule has 0 unspecified atom stereocenters. The zero-order valence-electron chi connectivity index (χ0n) is 16.4. The van der Waals surface area contributed by atoms with Crippen LogP contribution in [0.1, 0.15) is 54.8 Å². The smallest absolute Gasteiger partial charge is 0.271 e. The first-order valence-electron chi connectivity index (χ1n) is 10.0. The van der Waals surface area contributed by atoms with E-state index in [1.54, 1.807) is 13.1 Å². The number of fused-ring (bicyclic) bond motifs is 1. The van der Waals surface area contributed by atoms with Crippen molar-refractivity contribution >= 4 is 22.7 Å². The average molecular weight is 385 g/mol. The van der Waals surface area contributed by atoms with Gasteiger partial charge in [-0.3, -0.25) is 14.4 Å². The third-order valence-electron chi connectivity index (χ3n) is 5.83. The lowest BCUT2D eigenvalue weighted by atomic mass is 9.94. The van der Waals surface area contributed by atoms with Crippen molar-refractivity contribution in [2.24, 2.45) is 4.99 Å². The van der Waals surface area contributed by atoms with Gasteiger partial charge in [-0.05, 0) is 36.8 Å². The monoisotopic (exact) mass is 385 g/mol. The number of aliphatic imine (C=N–C) groups is 1. The Morgan fingerprint density at radius 2 is 1.86 bits per heavy atom. The van der Waals surface area contributed by atoms with E-state index >= 15 is 0 Å². The second-order valence-electron chi connectivity index (χ2n) is 7.57. The van der Waals surface area contributed by atoms with E-state index in [-0.39, 0.29) is 17.5 Å². The van der Waals surface area contributed by atoms with E-state index in [9.17, 15) is 15.2 Å². The molecular weight excluding hydrogens is 362 g/mol. The molecule has 5 nitrogen and oxygen atoms in total. The Morgan fingerprint density at radius 1 is 1.14 bits per heavy atom. The second kappa shape index (κ2) is 7.92. The minimum atomic E-state index is -0.406. The number of nitrogens with zero attached hydrogens (tertiary/aromatic N) is 3. The molecule has 1 aliphatic rings. The third kappa shape index (κ3) is 3.42. The quantitative estimate of drug-likeness (QED) is 0.634. The summed E-state index contributed by atoms with van der Waals surface area (Å²) in [7, 11) is 0. The highest BCUT2D eigenvalue weighted by Crippen LogP contribution is 2.33. The number of pyridine rings is 1. The van der Waals surface area contributed by atoms with E-state index in [0.717, 1.165) is 48.6 Å². The van der Waals surface area contributed by atoms with Crippen LogP contribution in [0, 0.1) is 18.3 Å². The van der Waals surface area contributed by atoms with Crippen LogP contribution in [-0.2, 0) is 0 Å². The van der Waals surface area contributed by atoms with Crippen molar-refractivity contribution in [1.82, 2.24) is 4.57 Å². The SMILES string of the molecule is Cc1c(C=Nc2cccc3ccccc23)c(O)n(C2CCCCC2)c(=O)c1C#N. The molecule has 1 N–H and O–H groups in total. The molecule has 0 radical (unpaired) electrons. The predicted octanol–water partition coefficient (Wildman–Crippen LogP) is 5.14. The molecule has 0 bridgehead atoms. The molecule has 3 aromatic rings. The third-order valence-corrected chi connectivity index (χ3v) is 5.83. The molecule has 1 aliphatic carbocycles. The van der Waals surface area contributed by atoms with E-state index in [2.05, 4.69) is 4.99 Å². The zero-order chi connectivity index (χ0) is 20.4. The maximum absolute atomic E-state index is 12.9. The van der Waals surface area contributed by atoms with E-state index in [1.165, 1.54) is 4.57 Å². The van der Waals surface area contributed by atoms with Crippen molar-refractivity contribution in [3.05, 3.63) is 69.5 Å². The molecule has 5 heteroatoms. The van der Waals surface area contributed by atoms with Gasteiger partial charge in [0.05, 0.1) is 11.3 Å². The van der Waals surface area contributed by atoms with Crippen LogP contribution in [0.4, 0.5) is 5.69 Å². The van der Waals surface area contributed by atoms with E-state index < -0.39 is 5.56 Å². The summed E-state index contributed by atoms with van der Waals surface area (Å²) in [4.78, 5) is 17.5. The summed E-state index contributed by atoms with van der Waals surface area (Å²) in [6.07, 6.45) is 6.42. The summed E-state index contributed by atoms with van der Waals surface area (Å²) in [6, 6.07) is 15.8. The van der Waals surface area contributed by atoms with Crippen molar-refractivity contribution in [1.29, 1.82) is 5.26 Å². The molecule has 0 amide bonds. The van der Waals surface area contributed by atoms with Crippen LogP contribution < -0.4 is 5.56 Å². The Bertz CT molecular complexity index is 1190. The first-order valence-corrected chi connectivity index (χ1v) is 10.0. The Labute approximate surface area is 169 Å². The van der Waals surface area contributed by atoms with Crippen LogP contribution in [0.15, 0.2) is 52.3 Å². The molecule has 0 atom stereocenters. The summed E-state index contributed by atoms with van der Waals surface area (Å²) < 4.78 is 1.41. The number of nitriles is 1. The Kier molecular flexibility index (Phi) is 5.18. The molecular formula is C24H23N3O2. The molecule has 1 heterocycles. The van der Waals surface area contributed by atoms with Gasteiger partial charge in [-0.15, -0.1) is 0 Å². The van der Waals surface area contributed by atoms with Crippen LogP contribution >= 0.6 is 0 Å². The average Bonchev–Trinajstić information content (AvgIpc) is 2.75. The van der Waals surface area contributed by atoms with E-state index in [1.807, 2.05) is 48.5 Å². The summed E-state index contributed by atoms with van der Waals surface area (Å²) in [5, 5.41) is 22.6. The highest BCUT2D eigenvalue weighted by Gasteiger charge is 2.24. The molecule has 1 saturated carbocycles. The maximum atomic E-state index is 12.9. The number of aromatic hydroxyl groups is 1. The summed E-state index contributed by atoms with van der Waals surface area (Å²) >= 11 is 0. The van der Waals surface area contributed by atoms with Gasteiger partial charge in [0.15, 0.2) is 0 Å². The Balaban J connectivity index is 1.86. The van der Waals surface area contributed by atoms with E-state index in [0.29, 0.717) is 11.1 Å². The minimum Gasteiger partial charge on any atom is -0.494 e. The lowest BCUT2D eigenvalue weighted by molar-refractivity contribution is 0.303. The fraction of sp³-hybridized carbons (Fsp3) is 0.292. The van der Waals surface area contributed by atoms with Crippen LogP contribution in [-0.4, -0.2) is 15.9 Å². The summed E-state index contributed by atoms with van der Waals surface area (Å²) in [5.41, 5.74) is 1.34. The topological polar surface area (TPSA) is 78.4 Å². The number of benzene rings is 2. The molecule has 0 saturated heterocycles. The highest BCUT2D eigenvalue weighted by molar-refractivity contribution is 5.96. The predicted molar refractivity (Wildman–Crippen MR) is 115 cm³/mol. The van der Waals surface area contributed by atoms with Gasteiger partial charge >= 0.3 is 0 Å². The van der Waals surface area contributed by atoms with Crippen LogP contribution in [0.2, 0.25) is 0 Å². The van der Waals surface area contributed by atoms with Gasteiger partial charge in [0.2, 0.25) is 5.88 Å². The molecule has 29 heavy (non-hydrogen) atoms. The van der Waals surface area contributed by atoms with Crippen molar-refractivity contribution < 1.29 is 5.11 Å². The zero-order valence-corrected chi connectivity index (χ0v) is 16.4. The van der Waals surface area contributed by atoms with Gasteiger partial charge in [-0.2, -0.15) is 5.26 Å². The standard InChI is InChI=1S/C24H23N3O2/c1-16-20(14-25)23(28)27(18-10-3-2-4-11-18)24(29)21(16)15-26-22-13-7-9-17-8-5-6-12-19(17)22/h5-9,12-13,15,18,29H,2-4,10-11H2,1H3. The highest BCUT2D eigenvalue weighted by atomic mass is 16.3. The van der Waals surface area contributed by atoms with Gasteiger partial charge < -0.3 is 5.11 Å². The largest absolute Gasteiger partial charge is 0.494 e. The number of rotatable bonds is 3. The van der Waals surface area contributed by atoms with E-state index in [4.69, 9.17) is 0 Å². The first kappa shape index (κ1) is 18.9. The normalized spacial score (nSPS) is 15.0. The Hall–Kier alpha value is -3.39. The molecule has 1 fully saturated rings. The minimum absolute atomic E-state index is 0.0753. The first-order chi connectivity index (χ1) is 14.1. The lowest BCUT2D eigenvalue weighted by Crippen LogP contribution is -2.30. The molecule has 0 aliphatic heterocycles. The summed E-state index contributed by atoms with van der Waals surface area (Å²) in [5.74, 6) is -0.0950. The van der Waals surface area contributed by atoms with Crippen molar-refractivity contribution in [3.8, 4) is 11.9 Å². The van der Waals surface area contributed by atoms with Crippen LogP contribution in [0.5, 0.6) is 5.88 Å². The molecule has 0 spiro atoms. The molecule has 146 valence electrons. The van der Waals surface area contributed by atoms with Gasteiger partial charge in [0, 0.05) is 17.6 Å². The van der Waals surface area contributed by atoms with Crippen LogP contribution in [0.3, 0.4) is 0 Å². The fourth-order valence-electron chi connectivity index (χ4n) is 4.23. The van der Waals surface area contributed by atoms with Crippen molar-refractivity contribution in [3.63, 3.8) is 0 Å². The molecule has 1 aromatic heterocycles. The number of hydrogen-bond acceptors (Lipinski definition) is 4. The van der Waals surface area contributed by atoms with Gasteiger partial charge in [-0.25, -0.2) is 0 Å². The van der Waals surface area contributed by atoms with Gasteiger partial charge in [-0.1, -0.05) is 55.7 Å². The van der Waals surface area contributed by atoms with Crippen molar-refractivity contribution in [2.45, 2.75) is 45.1 Å². The molecule has 2 aromatic carbocycles. The van der Waals surface area contributed by atoms with Gasteiger partial charge in [0.25, 0.3) is 5.56 Å². The Morgan fingerprint density at radius 3 is 2.62 bits per heavy atom. The number of aromatic nitrogens is 1. The second-order valence-corrected chi connectivity index (χ2v) is 7.57. The molecule has 4 rings (SSSR count). The number of hydrogen-bond donors (Lipinski definition) is 1. The van der Waals surface area contributed by atoms with Gasteiger partial charge in [0.1, 0.15) is 11.6 Å². The fourth-order valence-corrected chi connectivity index (χ4v) is 4.23.